The largest absolute Gasteiger partial charge is 0.351 e. The molecule has 2 aromatic heterocycles. The van der Waals surface area contributed by atoms with Crippen LogP contribution in [0.5, 0.6) is 0 Å². The highest BCUT2D eigenvalue weighted by Gasteiger charge is 2.29. The second kappa shape index (κ2) is 8.43. The van der Waals surface area contributed by atoms with E-state index in [2.05, 4.69) is 20.3 Å². The number of carbonyl (C=O) groups excluding carboxylic acids is 1. The molecule has 1 amide bonds. The second-order valence-electron chi connectivity index (χ2n) is 7.40. The molecule has 0 N–H and O–H groups in total. The van der Waals surface area contributed by atoms with E-state index in [1.54, 1.807) is 9.58 Å². The maximum atomic E-state index is 13.0. The lowest BCUT2D eigenvalue weighted by atomic mass is 10.1. The number of nitro groups is 1. The van der Waals surface area contributed by atoms with Gasteiger partial charge in [-0.3, -0.25) is 14.9 Å². The molecule has 33 heavy (non-hydrogen) atoms. The van der Waals surface area contributed by atoms with Crippen molar-refractivity contribution in [2.45, 2.75) is 0 Å². The van der Waals surface area contributed by atoms with Crippen molar-refractivity contribution in [1.82, 2.24) is 29.9 Å². The molecule has 4 aromatic rings. The van der Waals surface area contributed by atoms with E-state index < -0.39 is 10.8 Å². The average molecular weight is 465 g/mol. The van der Waals surface area contributed by atoms with Crippen LogP contribution in [0.15, 0.2) is 54.9 Å². The van der Waals surface area contributed by atoms with Crippen molar-refractivity contribution in [2.24, 2.45) is 0 Å². The summed E-state index contributed by atoms with van der Waals surface area (Å²) >= 11 is 5.98. The van der Waals surface area contributed by atoms with Crippen molar-refractivity contribution >= 4 is 40.2 Å². The number of nitrogens with zero attached hydrogens (tertiary/aromatic N) is 8. The van der Waals surface area contributed by atoms with Crippen molar-refractivity contribution in [3.63, 3.8) is 0 Å². The van der Waals surface area contributed by atoms with Crippen LogP contribution in [0.4, 0.5) is 11.5 Å². The third kappa shape index (κ3) is 3.82. The third-order valence-corrected chi connectivity index (χ3v) is 5.71. The predicted molar refractivity (Wildman–Crippen MR) is 121 cm³/mol. The molecule has 166 valence electrons. The number of benzene rings is 2. The predicted octanol–water partition coefficient (Wildman–Crippen LogP) is 2.73. The van der Waals surface area contributed by atoms with E-state index in [4.69, 9.17) is 11.6 Å². The Morgan fingerprint density at radius 2 is 1.79 bits per heavy atom. The molecule has 11 nitrogen and oxygen atoms in total. The molecule has 0 bridgehead atoms. The summed E-state index contributed by atoms with van der Waals surface area (Å²) in [6.45, 7) is 1.68. The van der Waals surface area contributed by atoms with Gasteiger partial charge in [0.1, 0.15) is 11.9 Å². The first-order valence-corrected chi connectivity index (χ1v) is 10.5. The van der Waals surface area contributed by atoms with Crippen LogP contribution in [0.3, 0.4) is 0 Å². The first-order valence-electron chi connectivity index (χ1n) is 10.1. The number of fused-ring (bicyclic) bond motifs is 1. The standard InChI is InChI=1S/C21H17ClN8O3/c22-14-6-7-17(30(32)33)16(12-14)21(31)28-10-8-27(9-11-28)19-18-20(24-13-23-19)29(26-25-18)15-4-2-1-3-5-15/h1-7,12-13H,8-11H2. The number of piperazine rings is 1. The minimum Gasteiger partial charge on any atom is -0.351 e. The van der Waals surface area contributed by atoms with Gasteiger partial charge in [0.05, 0.1) is 10.6 Å². The van der Waals surface area contributed by atoms with Gasteiger partial charge in [-0.15, -0.1) is 5.10 Å². The lowest BCUT2D eigenvalue weighted by molar-refractivity contribution is -0.385. The Morgan fingerprint density at radius 3 is 2.52 bits per heavy atom. The Labute approximate surface area is 192 Å². The van der Waals surface area contributed by atoms with Gasteiger partial charge in [0.15, 0.2) is 17.0 Å². The van der Waals surface area contributed by atoms with Crippen molar-refractivity contribution < 1.29 is 9.72 Å². The van der Waals surface area contributed by atoms with Gasteiger partial charge in [-0.25, -0.2) is 9.97 Å². The molecule has 0 saturated carbocycles. The fraction of sp³-hybridized carbons (Fsp3) is 0.190. The summed E-state index contributed by atoms with van der Waals surface area (Å²) in [4.78, 5) is 36.1. The van der Waals surface area contributed by atoms with Crippen LogP contribution in [-0.2, 0) is 0 Å². The SMILES string of the molecule is O=C(c1cc(Cl)ccc1[N+](=O)[O-])N1CCN(c2ncnc3c2nnn3-c2ccccc2)CC1. The number of nitro benzene ring substituents is 1. The first-order chi connectivity index (χ1) is 16.0. The zero-order valence-electron chi connectivity index (χ0n) is 17.2. The number of hydrogen-bond donors (Lipinski definition) is 0. The zero-order chi connectivity index (χ0) is 22.9. The van der Waals surface area contributed by atoms with Gasteiger partial charge < -0.3 is 9.80 Å². The van der Waals surface area contributed by atoms with E-state index in [1.807, 2.05) is 35.2 Å². The van der Waals surface area contributed by atoms with E-state index in [-0.39, 0.29) is 16.3 Å². The monoisotopic (exact) mass is 464 g/mol. The molecule has 1 aliphatic rings. The van der Waals surface area contributed by atoms with Crippen LogP contribution < -0.4 is 4.90 Å². The maximum absolute atomic E-state index is 13.0. The minimum atomic E-state index is -0.576. The number of anilines is 1. The lowest BCUT2D eigenvalue weighted by Crippen LogP contribution is -2.49. The number of carbonyl (C=O) groups is 1. The molecule has 0 atom stereocenters. The van der Waals surface area contributed by atoms with Crippen molar-refractivity contribution in [1.29, 1.82) is 0 Å². The molecular formula is C21H17ClN8O3. The molecular weight excluding hydrogens is 448 g/mol. The fourth-order valence-electron chi connectivity index (χ4n) is 3.84. The molecule has 0 unspecified atom stereocenters. The van der Waals surface area contributed by atoms with E-state index >= 15 is 0 Å². The highest BCUT2D eigenvalue weighted by atomic mass is 35.5. The van der Waals surface area contributed by atoms with Crippen LogP contribution in [-0.4, -0.2) is 66.9 Å². The van der Waals surface area contributed by atoms with Crippen LogP contribution in [0.1, 0.15) is 10.4 Å². The fourth-order valence-corrected chi connectivity index (χ4v) is 4.01. The van der Waals surface area contributed by atoms with Gasteiger partial charge in [0.25, 0.3) is 11.6 Å². The summed E-state index contributed by atoms with van der Waals surface area (Å²) in [5.41, 5.74) is 1.70. The summed E-state index contributed by atoms with van der Waals surface area (Å²) in [6.07, 6.45) is 1.47. The molecule has 2 aromatic carbocycles. The number of rotatable bonds is 4. The Kier molecular flexibility index (Phi) is 5.31. The van der Waals surface area contributed by atoms with Crippen LogP contribution in [0, 0.1) is 10.1 Å². The molecule has 0 spiro atoms. The van der Waals surface area contributed by atoms with Gasteiger partial charge in [-0.2, -0.15) is 4.68 Å². The molecule has 1 fully saturated rings. The number of aromatic nitrogens is 5. The molecule has 1 saturated heterocycles. The summed E-state index contributed by atoms with van der Waals surface area (Å²) in [6, 6.07) is 13.5. The van der Waals surface area contributed by atoms with Crippen molar-refractivity contribution in [3.05, 3.63) is 75.6 Å². The Hall–Kier alpha value is -4.12. The zero-order valence-corrected chi connectivity index (χ0v) is 18.0. The highest BCUT2D eigenvalue weighted by molar-refractivity contribution is 6.31. The van der Waals surface area contributed by atoms with Crippen LogP contribution in [0.2, 0.25) is 5.02 Å². The third-order valence-electron chi connectivity index (χ3n) is 5.47. The van der Waals surface area contributed by atoms with Crippen LogP contribution >= 0.6 is 11.6 Å². The second-order valence-corrected chi connectivity index (χ2v) is 7.84. The van der Waals surface area contributed by atoms with Gasteiger partial charge in [-0.1, -0.05) is 35.0 Å². The first kappa shape index (κ1) is 20.8. The van der Waals surface area contributed by atoms with Gasteiger partial charge in [0.2, 0.25) is 0 Å². The molecule has 12 heteroatoms. The molecule has 3 heterocycles. The summed E-state index contributed by atoms with van der Waals surface area (Å²) in [5, 5.41) is 20.1. The van der Waals surface area contributed by atoms with Crippen LogP contribution in [0.25, 0.3) is 16.9 Å². The Morgan fingerprint density at radius 1 is 1.03 bits per heavy atom. The summed E-state index contributed by atoms with van der Waals surface area (Å²) < 4.78 is 1.65. The minimum absolute atomic E-state index is 0.0174. The number of halogens is 1. The average Bonchev–Trinajstić information content (AvgIpc) is 3.28. The number of hydrogen-bond acceptors (Lipinski definition) is 8. The summed E-state index contributed by atoms with van der Waals surface area (Å²) in [5.74, 6) is 0.203. The van der Waals surface area contributed by atoms with E-state index in [0.29, 0.717) is 43.2 Å². The molecule has 0 aliphatic carbocycles. The normalized spacial score (nSPS) is 14.0. The quantitative estimate of drug-likeness (QED) is 0.333. The van der Waals surface area contributed by atoms with Crippen molar-refractivity contribution in [3.8, 4) is 5.69 Å². The topological polar surface area (TPSA) is 123 Å². The van der Waals surface area contributed by atoms with Gasteiger partial charge in [0, 0.05) is 37.3 Å². The molecule has 5 rings (SSSR count). The molecule has 1 aliphatic heterocycles. The number of amides is 1. The van der Waals surface area contributed by atoms with E-state index in [0.717, 1.165) is 5.69 Å². The number of para-hydroxylation sites is 1. The smallest absolute Gasteiger partial charge is 0.282 e. The maximum Gasteiger partial charge on any atom is 0.282 e. The Balaban J connectivity index is 1.37. The summed E-state index contributed by atoms with van der Waals surface area (Å²) in [7, 11) is 0. The van der Waals surface area contributed by atoms with Crippen molar-refractivity contribution in [2.75, 3.05) is 31.1 Å². The lowest BCUT2D eigenvalue weighted by Gasteiger charge is -2.35. The van der Waals surface area contributed by atoms with E-state index in [9.17, 15) is 14.9 Å². The molecule has 0 radical (unpaired) electrons. The highest BCUT2D eigenvalue weighted by Crippen LogP contribution is 2.27. The van der Waals surface area contributed by atoms with Gasteiger partial charge in [-0.05, 0) is 24.3 Å². The van der Waals surface area contributed by atoms with Gasteiger partial charge >= 0.3 is 0 Å². The Bertz CT molecular complexity index is 1350. The van der Waals surface area contributed by atoms with E-state index in [1.165, 1.54) is 24.5 Å².